The second-order valence-electron chi connectivity index (χ2n) is 5.04. The number of hydrogen-bond donors (Lipinski definition) is 1. The molecule has 0 aliphatic carbocycles. The predicted molar refractivity (Wildman–Crippen MR) is 84.2 cm³/mol. The minimum atomic E-state index is 0.469. The van der Waals surface area contributed by atoms with Crippen molar-refractivity contribution in [3.63, 3.8) is 0 Å². The lowest BCUT2D eigenvalue weighted by molar-refractivity contribution is 0.0985. The van der Waals surface area contributed by atoms with E-state index in [0.29, 0.717) is 19.3 Å². The van der Waals surface area contributed by atoms with Gasteiger partial charge in [0.15, 0.2) is 0 Å². The highest BCUT2D eigenvalue weighted by molar-refractivity contribution is 5.33. The van der Waals surface area contributed by atoms with Crippen LogP contribution in [0.15, 0.2) is 36.9 Å². The lowest BCUT2D eigenvalue weighted by Crippen LogP contribution is -2.22. The highest BCUT2D eigenvalue weighted by Crippen LogP contribution is 2.17. The van der Waals surface area contributed by atoms with Gasteiger partial charge in [0.2, 0.25) is 0 Å². The standard InChI is InChI=1S/C17H27NO2/c1-4-5-8-11-19-12-13-20-17-10-7-6-9-16(17)14-18-15(2)3/h4,6-7,9-10,15,18H,1,5,8,11-14H2,2-3H3. The molecule has 0 radical (unpaired) electrons. The first kappa shape index (κ1) is 16.7. The first-order valence-electron chi connectivity index (χ1n) is 7.36. The number of para-hydroxylation sites is 1. The van der Waals surface area contributed by atoms with Crippen molar-refractivity contribution in [3.8, 4) is 5.75 Å². The molecular weight excluding hydrogens is 250 g/mol. The fourth-order valence-electron chi connectivity index (χ4n) is 1.75. The van der Waals surface area contributed by atoms with Crippen LogP contribution in [0, 0.1) is 0 Å². The molecule has 0 saturated carbocycles. The van der Waals surface area contributed by atoms with E-state index in [1.165, 1.54) is 5.56 Å². The van der Waals surface area contributed by atoms with Gasteiger partial charge in [0.25, 0.3) is 0 Å². The summed E-state index contributed by atoms with van der Waals surface area (Å²) in [6, 6.07) is 8.61. The fourth-order valence-corrected chi connectivity index (χ4v) is 1.75. The topological polar surface area (TPSA) is 30.5 Å². The minimum absolute atomic E-state index is 0.469. The molecule has 1 N–H and O–H groups in total. The summed E-state index contributed by atoms with van der Waals surface area (Å²) in [6.45, 7) is 10.8. The highest BCUT2D eigenvalue weighted by atomic mass is 16.5. The molecule has 0 aromatic heterocycles. The van der Waals surface area contributed by atoms with Crippen LogP contribution in [0.2, 0.25) is 0 Å². The third-order valence-corrected chi connectivity index (χ3v) is 2.86. The summed E-state index contributed by atoms with van der Waals surface area (Å²) >= 11 is 0. The van der Waals surface area contributed by atoms with E-state index < -0.39 is 0 Å². The molecule has 3 heteroatoms. The minimum Gasteiger partial charge on any atom is -0.491 e. The Morgan fingerprint density at radius 1 is 1.20 bits per heavy atom. The molecule has 112 valence electrons. The van der Waals surface area contributed by atoms with Crippen molar-refractivity contribution < 1.29 is 9.47 Å². The number of unbranched alkanes of at least 4 members (excludes halogenated alkanes) is 1. The van der Waals surface area contributed by atoms with Gasteiger partial charge >= 0.3 is 0 Å². The first-order valence-corrected chi connectivity index (χ1v) is 7.36. The number of nitrogens with one attached hydrogen (secondary N) is 1. The lowest BCUT2D eigenvalue weighted by Gasteiger charge is -2.13. The van der Waals surface area contributed by atoms with Gasteiger partial charge in [0.1, 0.15) is 12.4 Å². The van der Waals surface area contributed by atoms with Gasteiger partial charge in [-0.1, -0.05) is 38.1 Å². The van der Waals surface area contributed by atoms with Crippen molar-refractivity contribution in [1.29, 1.82) is 0 Å². The van der Waals surface area contributed by atoms with Crippen molar-refractivity contribution >= 4 is 0 Å². The number of hydrogen-bond acceptors (Lipinski definition) is 3. The van der Waals surface area contributed by atoms with Gasteiger partial charge in [-0.25, -0.2) is 0 Å². The zero-order valence-corrected chi connectivity index (χ0v) is 12.7. The molecule has 0 saturated heterocycles. The van der Waals surface area contributed by atoms with Gasteiger partial charge < -0.3 is 14.8 Å². The van der Waals surface area contributed by atoms with Crippen LogP contribution in [0.4, 0.5) is 0 Å². The Bertz CT molecular complexity index is 377. The maximum atomic E-state index is 5.79. The lowest BCUT2D eigenvalue weighted by atomic mass is 10.2. The largest absolute Gasteiger partial charge is 0.491 e. The molecule has 0 aliphatic heterocycles. The molecule has 0 atom stereocenters. The number of rotatable bonds is 11. The highest BCUT2D eigenvalue weighted by Gasteiger charge is 2.03. The van der Waals surface area contributed by atoms with E-state index >= 15 is 0 Å². The molecule has 3 nitrogen and oxygen atoms in total. The van der Waals surface area contributed by atoms with E-state index in [0.717, 1.165) is 31.7 Å². The average molecular weight is 277 g/mol. The zero-order chi connectivity index (χ0) is 14.6. The Balaban J connectivity index is 2.26. The van der Waals surface area contributed by atoms with E-state index in [9.17, 15) is 0 Å². The monoisotopic (exact) mass is 277 g/mol. The van der Waals surface area contributed by atoms with Crippen molar-refractivity contribution in [1.82, 2.24) is 5.32 Å². The molecule has 0 aliphatic rings. The quantitative estimate of drug-likeness (QED) is 0.495. The van der Waals surface area contributed by atoms with Crippen LogP contribution in [0.25, 0.3) is 0 Å². The second kappa shape index (κ2) is 10.5. The Morgan fingerprint density at radius 3 is 2.75 bits per heavy atom. The second-order valence-corrected chi connectivity index (χ2v) is 5.04. The van der Waals surface area contributed by atoms with E-state index in [4.69, 9.17) is 9.47 Å². The molecule has 0 unspecified atom stereocenters. The Hall–Kier alpha value is -1.32. The molecule has 1 aromatic carbocycles. The van der Waals surface area contributed by atoms with E-state index in [2.05, 4.69) is 31.8 Å². The van der Waals surface area contributed by atoms with Crippen molar-refractivity contribution in [2.45, 2.75) is 39.3 Å². The smallest absolute Gasteiger partial charge is 0.123 e. The summed E-state index contributed by atoms with van der Waals surface area (Å²) in [5.74, 6) is 0.940. The molecule has 20 heavy (non-hydrogen) atoms. The van der Waals surface area contributed by atoms with Gasteiger partial charge in [0, 0.05) is 24.8 Å². The summed E-state index contributed by atoms with van der Waals surface area (Å²) in [5.41, 5.74) is 1.19. The molecule has 1 rings (SSSR count). The summed E-state index contributed by atoms with van der Waals surface area (Å²) < 4.78 is 11.3. The van der Waals surface area contributed by atoms with E-state index in [1.807, 2.05) is 24.3 Å². The Labute approximate surface area is 123 Å². The maximum Gasteiger partial charge on any atom is 0.123 e. The molecular formula is C17H27NO2. The van der Waals surface area contributed by atoms with Gasteiger partial charge in [-0.2, -0.15) is 0 Å². The van der Waals surface area contributed by atoms with Crippen molar-refractivity contribution in [3.05, 3.63) is 42.5 Å². The van der Waals surface area contributed by atoms with Gasteiger partial charge in [0.05, 0.1) is 6.61 Å². The van der Waals surface area contributed by atoms with Crippen molar-refractivity contribution in [2.24, 2.45) is 0 Å². The number of ether oxygens (including phenoxy) is 2. The van der Waals surface area contributed by atoms with E-state index in [1.54, 1.807) is 0 Å². The van der Waals surface area contributed by atoms with Crippen LogP contribution >= 0.6 is 0 Å². The Kier molecular flexibility index (Phi) is 8.76. The maximum absolute atomic E-state index is 5.79. The van der Waals surface area contributed by atoms with Crippen molar-refractivity contribution in [2.75, 3.05) is 19.8 Å². The van der Waals surface area contributed by atoms with Crippen LogP contribution in [0.1, 0.15) is 32.3 Å². The van der Waals surface area contributed by atoms with Crippen LogP contribution in [0.5, 0.6) is 5.75 Å². The van der Waals surface area contributed by atoms with Gasteiger partial charge in [-0.15, -0.1) is 6.58 Å². The molecule has 1 aromatic rings. The van der Waals surface area contributed by atoms with Crippen LogP contribution in [-0.2, 0) is 11.3 Å². The number of allylic oxidation sites excluding steroid dienone is 1. The Morgan fingerprint density at radius 2 is 2.00 bits per heavy atom. The van der Waals surface area contributed by atoms with Crippen LogP contribution in [-0.4, -0.2) is 25.9 Å². The first-order chi connectivity index (χ1) is 9.74. The summed E-state index contributed by atoms with van der Waals surface area (Å²) in [6.07, 6.45) is 3.95. The number of benzene rings is 1. The molecule has 0 amide bonds. The van der Waals surface area contributed by atoms with Crippen LogP contribution < -0.4 is 10.1 Å². The zero-order valence-electron chi connectivity index (χ0n) is 12.7. The van der Waals surface area contributed by atoms with Crippen LogP contribution in [0.3, 0.4) is 0 Å². The summed E-state index contributed by atoms with van der Waals surface area (Å²) in [4.78, 5) is 0. The fraction of sp³-hybridized carbons (Fsp3) is 0.529. The SMILES string of the molecule is C=CCCCOCCOc1ccccc1CNC(C)C. The molecule has 0 spiro atoms. The third kappa shape index (κ3) is 7.31. The summed E-state index contributed by atoms with van der Waals surface area (Å²) in [7, 11) is 0. The molecule has 0 fully saturated rings. The van der Waals surface area contributed by atoms with E-state index in [-0.39, 0.29) is 0 Å². The summed E-state index contributed by atoms with van der Waals surface area (Å²) in [5, 5.41) is 3.41. The normalized spacial score (nSPS) is 10.8. The van der Waals surface area contributed by atoms with Gasteiger partial charge in [-0.3, -0.25) is 0 Å². The molecule has 0 bridgehead atoms. The third-order valence-electron chi connectivity index (χ3n) is 2.86. The average Bonchev–Trinajstić information content (AvgIpc) is 2.45. The molecule has 0 heterocycles. The van der Waals surface area contributed by atoms with Gasteiger partial charge in [-0.05, 0) is 18.9 Å². The predicted octanol–water partition coefficient (Wildman–Crippen LogP) is 3.55.